The first-order chi connectivity index (χ1) is 9.25. The monoisotopic (exact) mass is 296 g/mol. The molecular weight excluding hydrogens is 272 g/mol. The lowest BCUT2D eigenvalue weighted by Gasteiger charge is -2.22. The Morgan fingerprint density at radius 2 is 2.05 bits per heavy atom. The summed E-state index contributed by atoms with van der Waals surface area (Å²) < 4.78 is 0. The van der Waals surface area contributed by atoms with Crippen LogP contribution in [-0.2, 0) is 16.0 Å². The molecule has 0 bridgehead atoms. The zero-order chi connectivity index (χ0) is 15.3. The largest absolute Gasteiger partial charge is 0.507 e. The highest BCUT2D eigenvalue weighted by molar-refractivity contribution is 7.98. The van der Waals surface area contributed by atoms with E-state index in [2.05, 4.69) is 32.3 Å². The first kappa shape index (κ1) is 16.9. The molecule has 112 valence electrons. The quantitative estimate of drug-likeness (QED) is 0.338. The number of thioether (sulfide) groups is 1. The van der Waals surface area contributed by atoms with Crippen molar-refractivity contribution in [3.63, 3.8) is 0 Å². The predicted octanol–water partition coefficient (Wildman–Crippen LogP) is 2.61. The second-order valence-electron chi connectivity index (χ2n) is 5.93. The lowest BCUT2D eigenvalue weighted by atomic mass is 9.84. The Hall–Kier alpha value is -1.20. The number of carbonyl (C=O) groups excluding carboxylic acids is 1. The van der Waals surface area contributed by atoms with E-state index in [0.29, 0.717) is 12.2 Å². The summed E-state index contributed by atoms with van der Waals surface area (Å²) in [5.74, 6) is 6.82. The van der Waals surface area contributed by atoms with E-state index >= 15 is 0 Å². The number of aromatic hydroxyl groups is 1. The number of nitrogens with one attached hydrogen (secondary N) is 1. The van der Waals surface area contributed by atoms with Crippen molar-refractivity contribution in [2.24, 2.45) is 5.84 Å². The van der Waals surface area contributed by atoms with Gasteiger partial charge in [-0.2, -0.15) is 11.8 Å². The molecule has 4 N–H and O–H groups in total. The molecule has 5 heteroatoms. The fraction of sp³-hybridized carbons (Fsp3) is 0.533. The average molecular weight is 296 g/mol. The van der Waals surface area contributed by atoms with Crippen LogP contribution >= 0.6 is 11.8 Å². The van der Waals surface area contributed by atoms with Gasteiger partial charge >= 0.3 is 0 Å². The Bertz CT molecular complexity index is 481. The summed E-state index contributed by atoms with van der Waals surface area (Å²) in [6.07, 6.45) is 0.421. The number of nitrogens with two attached hydrogens (primary N) is 1. The molecule has 1 rings (SSSR count). The zero-order valence-corrected chi connectivity index (χ0v) is 13.4. The second kappa shape index (κ2) is 6.99. The smallest absolute Gasteiger partial charge is 0.234 e. The van der Waals surface area contributed by atoms with Gasteiger partial charge in [0.25, 0.3) is 0 Å². The first-order valence-corrected chi connectivity index (χ1v) is 7.81. The van der Waals surface area contributed by atoms with E-state index in [-0.39, 0.29) is 11.3 Å². The van der Waals surface area contributed by atoms with Crippen molar-refractivity contribution in [2.75, 3.05) is 5.75 Å². The third-order valence-corrected chi connectivity index (χ3v) is 4.10. The van der Waals surface area contributed by atoms with Crippen LogP contribution in [0.4, 0.5) is 0 Å². The maximum absolute atomic E-state index is 11.0. The number of benzene rings is 1. The Labute approximate surface area is 125 Å². The fourth-order valence-corrected chi connectivity index (χ4v) is 2.81. The SMILES string of the molecule is Cc1cc(CSCCC(=O)NN)cc(C(C)(C)C)c1O. The van der Waals surface area contributed by atoms with Gasteiger partial charge in [-0.15, -0.1) is 0 Å². The van der Waals surface area contributed by atoms with E-state index < -0.39 is 0 Å². The van der Waals surface area contributed by atoms with E-state index in [0.717, 1.165) is 22.6 Å². The Morgan fingerprint density at radius 3 is 2.60 bits per heavy atom. The summed E-state index contributed by atoms with van der Waals surface area (Å²) in [5, 5.41) is 10.2. The number of hydrogen-bond acceptors (Lipinski definition) is 4. The third kappa shape index (κ3) is 4.72. The number of phenolic OH excluding ortho intramolecular Hbond substituents is 1. The van der Waals surface area contributed by atoms with Gasteiger partial charge in [0.1, 0.15) is 5.75 Å². The van der Waals surface area contributed by atoms with Crippen molar-refractivity contribution in [3.8, 4) is 5.75 Å². The maximum atomic E-state index is 11.0. The predicted molar refractivity (Wildman–Crippen MR) is 84.7 cm³/mol. The van der Waals surface area contributed by atoms with Gasteiger partial charge in [-0.1, -0.05) is 32.9 Å². The van der Waals surface area contributed by atoms with Crippen LogP contribution in [0.3, 0.4) is 0 Å². The third-order valence-electron chi connectivity index (χ3n) is 3.07. The normalized spacial score (nSPS) is 11.4. The van der Waals surface area contributed by atoms with Gasteiger partial charge in [0, 0.05) is 17.9 Å². The highest BCUT2D eigenvalue weighted by Gasteiger charge is 2.20. The molecule has 0 aliphatic carbocycles. The number of hydrogen-bond donors (Lipinski definition) is 3. The number of phenols is 1. The van der Waals surface area contributed by atoms with Crippen molar-refractivity contribution in [1.82, 2.24) is 5.43 Å². The van der Waals surface area contributed by atoms with E-state index in [9.17, 15) is 9.90 Å². The molecule has 1 aromatic carbocycles. The molecule has 1 amide bonds. The fourth-order valence-electron chi connectivity index (χ4n) is 1.94. The molecule has 0 spiro atoms. The molecule has 0 aliphatic heterocycles. The Kier molecular flexibility index (Phi) is 5.89. The van der Waals surface area contributed by atoms with Crippen LogP contribution in [0.15, 0.2) is 12.1 Å². The molecule has 0 heterocycles. The molecule has 0 unspecified atom stereocenters. The summed E-state index contributed by atoms with van der Waals surface area (Å²) in [5.41, 5.74) is 5.07. The molecule has 0 saturated carbocycles. The van der Waals surface area contributed by atoms with Gasteiger partial charge in [-0.25, -0.2) is 5.84 Å². The van der Waals surface area contributed by atoms with Crippen LogP contribution in [0, 0.1) is 6.92 Å². The van der Waals surface area contributed by atoms with E-state index in [1.165, 1.54) is 5.56 Å². The van der Waals surface area contributed by atoms with Crippen LogP contribution < -0.4 is 11.3 Å². The minimum absolute atomic E-state index is 0.0883. The van der Waals surface area contributed by atoms with Crippen molar-refractivity contribution in [1.29, 1.82) is 0 Å². The molecule has 0 fully saturated rings. The molecular formula is C15H24N2O2S. The minimum atomic E-state index is -0.144. The van der Waals surface area contributed by atoms with Crippen LogP contribution in [0.5, 0.6) is 5.75 Å². The van der Waals surface area contributed by atoms with Crippen molar-refractivity contribution in [2.45, 2.75) is 45.3 Å². The standard InChI is InChI=1S/C15H24N2O2S/c1-10-7-11(9-20-6-5-13(18)17-16)8-12(14(10)19)15(2,3)4/h7-8,19H,5-6,9,16H2,1-4H3,(H,17,18). The molecule has 4 nitrogen and oxygen atoms in total. The van der Waals surface area contributed by atoms with Crippen LogP contribution in [0.1, 0.15) is 43.9 Å². The Morgan fingerprint density at radius 1 is 1.40 bits per heavy atom. The molecule has 0 aromatic heterocycles. The molecule has 20 heavy (non-hydrogen) atoms. The summed E-state index contributed by atoms with van der Waals surface area (Å²) in [4.78, 5) is 11.0. The summed E-state index contributed by atoms with van der Waals surface area (Å²) in [7, 11) is 0. The number of aryl methyl sites for hydroxylation is 1. The second-order valence-corrected chi connectivity index (χ2v) is 7.03. The topological polar surface area (TPSA) is 75.4 Å². The lowest BCUT2D eigenvalue weighted by Crippen LogP contribution is -2.30. The van der Waals surface area contributed by atoms with Crippen molar-refractivity contribution in [3.05, 3.63) is 28.8 Å². The first-order valence-electron chi connectivity index (χ1n) is 6.66. The number of hydrazine groups is 1. The number of carbonyl (C=O) groups is 1. The summed E-state index contributed by atoms with van der Waals surface area (Å²) in [6.45, 7) is 8.18. The van der Waals surface area contributed by atoms with Gasteiger partial charge < -0.3 is 5.11 Å². The molecule has 0 radical (unpaired) electrons. The molecule has 0 atom stereocenters. The van der Waals surface area contributed by atoms with Crippen LogP contribution in [0.25, 0.3) is 0 Å². The molecule has 0 aliphatic rings. The van der Waals surface area contributed by atoms with E-state index in [4.69, 9.17) is 5.84 Å². The highest BCUT2D eigenvalue weighted by Crippen LogP contribution is 2.34. The van der Waals surface area contributed by atoms with Gasteiger partial charge in [-0.05, 0) is 29.0 Å². The zero-order valence-electron chi connectivity index (χ0n) is 12.6. The van der Waals surface area contributed by atoms with Crippen molar-refractivity contribution >= 4 is 17.7 Å². The lowest BCUT2D eigenvalue weighted by molar-refractivity contribution is -0.120. The molecule has 0 saturated heterocycles. The summed E-state index contributed by atoms with van der Waals surface area (Å²) in [6, 6.07) is 4.05. The van der Waals surface area contributed by atoms with Gasteiger partial charge in [0.2, 0.25) is 5.91 Å². The van der Waals surface area contributed by atoms with E-state index in [1.807, 2.05) is 13.0 Å². The highest BCUT2D eigenvalue weighted by atomic mass is 32.2. The van der Waals surface area contributed by atoms with Crippen LogP contribution in [0.2, 0.25) is 0 Å². The number of amides is 1. The van der Waals surface area contributed by atoms with Crippen molar-refractivity contribution < 1.29 is 9.90 Å². The molecule has 1 aromatic rings. The van der Waals surface area contributed by atoms with E-state index in [1.54, 1.807) is 11.8 Å². The van der Waals surface area contributed by atoms with Gasteiger partial charge in [0.15, 0.2) is 0 Å². The summed E-state index contributed by atoms with van der Waals surface area (Å²) >= 11 is 1.69. The number of rotatable bonds is 5. The Balaban J connectivity index is 2.72. The van der Waals surface area contributed by atoms with Crippen LogP contribution in [-0.4, -0.2) is 16.8 Å². The minimum Gasteiger partial charge on any atom is -0.507 e. The van der Waals surface area contributed by atoms with Gasteiger partial charge in [0.05, 0.1) is 0 Å². The van der Waals surface area contributed by atoms with Gasteiger partial charge in [-0.3, -0.25) is 10.2 Å². The maximum Gasteiger partial charge on any atom is 0.234 e. The average Bonchev–Trinajstić information content (AvgIpc) is 2.36.